The Kier molecular flexibility index (Phi) is 2.98. The van der Waals surface area contributed by atoms with E-state index in [0.29, 0.717) is 16.4 Å². The van der Waals surface area contributed by atoms with Gasteiger partial charge in [-0.05, 0) is 24.3 Å². The highest BCUT2D eigenvalue weighted by molar-refractivity contribution is 9.10. The number of hydrogen-bond acceptors (Lipinski definition) is 2. The van der Waals surface area contributed by atoms with E-state index in [9.17, 15) is 4.79 Å². The molecule has 1 aromatic carbocycles. The van der Waals surface area contributed by atoms with Crippen LogP contribution in [0.5, 0.6) is 0 Å². The summed E-state index contributed by atoms with van der Waals surface area (Å²) in [7, 11) is 0. The number of nitrogens with zero attached hydrogens (tertiary/aromatic N) is 2. The third kappa shape index (κ3) is 1.96. The number of rotatable bonds is 2. The van der Waals surface area contributed by atoms with Gasteiger partial charge in [-0.15, -0.1) is 0 Å². The zero-order valence-corrected chi connectivity index (χ0v) is 10.4. The van der Waals surface area contributed by atoms with Crippen LogP contribution in [0.1, 0.15) is 10.5 Å². The number of benzene rings is 1. The lowest BCUT2D eigenvalue weighted by atomic mass is 10.3. The predicted octanol–water partition coefficient (Wildman–Crippen LogP) is 2.39. The molecule has 82 valence electrons. The summed E-state index contributed by atoms with van der Waals surface area (Å²) in [4.78, 5) is 11.2. The molecule has 6 heteroatoms. The molecule has 1 heterocycles. The third-order valence-electron chi connectivity index (χ3n) is 2.03. The number of carbonyl (C=O) groups is 1. The smallest absolute Gasteiger partial charge is 0.267 e. The Labute approximate surface area is 105 Å². The van der Waals surface area contributed by atoms with Crippen molar-refractivity contribution in [2.45, 2.75) is 0 Å². The van der Waals surface area contributed by atoms with Crippen LogP contribution in [0.25, 0.3) is 5.69 Å². The van der Waals surface area contributed by atoms with E-state index < -0.39 is 5.91 Å². The summed E-state index contributed by atoms with van der Waals surface area (Å²) < 4.78 is 2.26. The van der Waals surface area contributed by atoms with Crippen LogP contribution in [0.4, 0.5) is 0 Å². The van der Waals surface area contributed by atoms with Crippen LogP contribution in [0.3, 0.4) is 0 Å². The Morgan fingerprint density at radius 1 is 1.44 bits per heavy atom. The molecule has 2 aromatic rings. The van der Waals surface area contributed by atoms with Crippen LogP contribution in [0, 0.1) is 0 Å². The summed E-state index contributed by atoms with van der Waals surface area (Å²) in [5.74, 6) is -0.548. The molecule has 0 unspecified atom stereocenters. The number of nitrogens with two attached hydrogens (primary N) is 1. The monoisotopic (exact) mass is 299 g/mol. The van der Waals surface area contributed by atoms with Crippen molar-refractivity contribution in [2.24, 2.45) is 5.73 Å². The Morgan fingerprint density at radius 3 is 2.88 bits per heavy atom. The quantitative estimate of drug-likeness (QED) is 0.925. The first kappa shape index (κ1) is 11.2. The molecular weight excluding hydrogens is 293 g/mol. The predicted molar refractivity (Wildman–Crippen MR) is 64.8 cm³/mol. The van der Waals surface area contributed by atoms with Gasteiger partial charge in [-0.25, -0.2) is 4.68 Å². The first-order valence-electron chi connectivity index (χ1n) is 4.39. The van der Waals surface area contributed by atoms with Crippen LogP contribution in [-0.4, -0.2) is 15.7 Å². The minimum atomic E-state index is -0.548. The first-order chi connectivity index (χ1) is 7.59. The van der Waals surface area contributed by atoms with E-state index in [4.69, 9.17) is 17.3 Å². The average Bonchev–Trinajstić information content (AvgIpc) is 2.70. The highest BCUT2D eigenvalue weighted by Crippen LogP contribution is 2.24. The number of primary amides is 1. The summed E-state index contributed by atoms with van der Waals surface area (Å²) in [6.07, 6.45) is 1.50. The van der Waals surface area contributed by atoms with Crippen LogP contribution in [0.2, 0.25) is 5.02 Å². The average molecular weight is 301 g/mol. The second-order valence-electron chi connectivity index (χ2n) is 3.09. The van der Waals surface area contributed by atoms with Crippen molar-refractivity contribution in [3.8, 4) is 5.69 Å². The van der Waals surface area contributed by atoms with Gasteiger partial charge in [-0.3, -0.25) is 4.79 Å². The zero-order chi connectivity index (χ0) is 11.7. The van der Waals surface area contributed by atoms with E-state index in [2.05, 4.69) is 21.0 Å². The van der Waals surface area contributed by atoms with E-state index >= 15 is 0 Å². The maximum atomic E-state index is 11.2. The van der Waals surface area contributed by atoms with Gasteiger partial charge in [0.25, 0.3) is 5.91 Å². The fourth-order valence-corrected chi connectivity index (χ4v) is 1.88. The van der Waals surface area contributed by atoms with Gasteiger partial charge in [0.1, 0.15) is 5.69 Å². The molecule has 4 nitrogen and oxygen atoms in total. The van der Waals surface area contributed by atoms with Gasteiger partial charge in [-0.2, -0.15) is 5.10 Å². The van der Waals surface area contributed by atoms with E-state index in [1.165, 1.54) is 10.9 Å². The van der Waals surface area contributed by atoms with Crippen LogP contribution in [0.15, 0.2) is 34.9 Å². The highest BCUT2D eigenvalue weighted by Gasteiger charge is 2.12. The topological polar surface area (TPSA) is 60.9 Å². The molecule has 0 atom stereocenters. The van der Waals surface area contributed by atoms with Gasteiger partial charge in [0.05, 0.1) is 16.9 Å². The van der Waals surface area contributed by atoms with Gasteiger partial charge in [0.15, 0.2) is 0 Å². The fourth-order valence-electron chi connectivity index (χ4n) is 1.33. The lowest BCUT2D eigenvalue weighted by Gasteiger charge is -2.07. The molecule has 0 fully saturated rings. The maximum absolute atomic E-state index is 11.2. The summed E-state index contributed by atoms with van der Waals surface area (Å²) in [5.41, 5.74) is 6.13. The molecule has 16 heavy (non-hydrogen) atoms. The van der Waals surface area contributed by atoms with Gasteiger partial charge in [0, 0.05) is 4.47 Å². The van der Waals surface area contributed by atoms with Crippen molar-refractivity contribution in [3.63, 3.8) is 0 Å². The Bertz CT molecular complexity index is 553. The van der Waals surface area contributed by atoms with E-state index in [1.54, 1.807) is 24.3 Å². The standard InChI is InChI=1S/C10H7BrClN3O/c11-6-1-2-7(12)9(5-6)15-8(10(13)16)3-4-14-15/h1-5H,(H2,13,16). The Balaban J connectivity index is 2.62. The van der Waals surface area contributed by atoms with Crippen molar-refractivity contribution >= 4 is 33.4 Å². The lowest BCUT2D eigenvalue weighted by molar-refractivity contribution is 0.0993. The van der Waals surface area contributed by atoms with Gasteiger partial charge in [-0.1, -0.05) is 27.5 Å². The minimum absolute atomic E-state index is 0.292. The number of halogens is 2. The highest BCUT2D eigenvalue weighted by atomic mass is 79.9. The fraction of sp³-hybridized carbons (Fsp3) is 0. The SMILES string of the molecule is NC(=O)c1ccnn1-c1cc(Br)ccc1Cl. The number of amides is 1. The van der Waals surface area contributed by atoms with Crippen molar-refractivity contribution < 1.29 is 4.79 Å². The minimum Gasteiger partial charge on any atom is -0.364 e. The van der Waals surface area contributed by atoms with E-state index in [1.807, 2.05) is 0 Å². The third-order valence-corrected chi connectivity index (χ3v) is 2.84. The van der Waals surface area contributed by atoms with Crippen LogP contribution in [-0.2, 0) is 0 Å². The van der Waals surface area contributed by atoms with E-state index in [0.717, 1.165) is 4.47 Å². The molecule has 2 N–H and O–H groups in total. The van der Waals surface area contributed by atoms with Crippen molar-refractivity contribution in [1.29, 1.82) is 0 Å². The van der Waals surface area contributed by atoms with Gasteiger partial charge in [0.2, 0.25) is 0 Å². The van der Waals surface area contributed by atoms with Crippen LogP contribution >= 0.6 is 27.5 Å². The molecular formula is C10H7BrClN3O. The molecule has 0 aliphatic carbocycles. The summed E-state index contributed by atoms with van der Waals surface area (Å²) in [5, 5.41) is 4.52. The second-order valence-corrected chi connectivity index (χ2v) is 4.41. The molecule has 2 rings (SSSR count). The number of carbonyl (C=O) groups excluding carboxylic acids is 1. The van der Waals surface area contributed by atoms with Crippen molar-refractivity contribution in [1.82, 2.24) is 9.78 Å². The molecule has 0 saturated heterocycles. The summed E-state index contributed by atoms with van der Waals surface area (Å²) in [6.45, 7) is 0. The first-order valence-corrected chi connectivity index (χ1v) is 5.56. The lowest BCUT2D eigenvalue weighted by Crippen LogP contribution is -2.16. The van der Waals surface area contributed by atoms with Gasteiger partial charge >= 0.3 is 0 Å². The van der Waals surface area contributed by atoms with Crippen molar-refractivity contribution in [2.75, 3.05) is 0 Å². The zero-order valence-electron chi connectivity index (χ0n) is 8.02. The number of hydrogen-bond donors (Lipinski definition) is 1. The molecule has 0 radical (unpaired) electrons. The normalized spacial score (nSPS) is 10.4. The largest absolute Gasteiger partial charge is 0.364 e. The molecule has 0 saturated carbocycles. The maximum Gasteiger partial charge on any atom is 0.267 e. The summed E-state index contributed by atoms with van der Waals surface area (Å²) >= 11 is 9.36. The second kappa shape index (κ2) is 4.27. The van der Waals surface area contributed by atoms with Crippen molar-refractivity contribution in [3.05, 3.63) is 45.7 Å². The molecule has 0 bridgehead atoms. The number of aromatic nitrogens is 2. The molecule has 0 aliphatic heterocycles. The van der Waals surface area contributed by atoms with E-state index in [-0.39, 0.29) is 0 Å². The summed E-state index contributed by atoms with van der Waals surface area (Å²) in [6, 6.07) is 6.83. The molecule has 0 spiro atoms. The van der Waals surface area contributed by atoms with Gasteiger partial charge < -0.3 is 5.73 Å². The molecule has 1 aromatic heterocycles. The Hall–Kier alpha value is -1.33. The molecule has 1 amide bonds. The Morgan fingerprint density at radius 2 is 2.19 bits per heavy atom. The molecule has 0 aliphatic rings. The van der Waals surface area contributed by atoms with Crippen LogP contribution < -0.4 is 5.73 Å².